The van der Waals surface area contributed by atoms with E-state index in [0.717, 1.165) is 6.92 Å². The zero-order valence-corrected chi connectivity index (χ0v) is 12.1. The number of rotatable bonds is 5. The lowest BCUT2D eigenvalue weighted by atomic mass is 10.1. The summed E-state index contributed by atoms with van der Waals surface area (Å²) in [7, 11) is 0. The minimum absolute atomic E-state index is 0.0148. The van der Waals surface area contributed by atoms with Gasteiger partial charge in [-0.25, -0.2) is 14.8 Å². The zero-order chi connectivity index (χ0) is 15.5. The Bertz CT molecular complexity index is 531. The Balaban J connectivity index is 2.88. The maximum Gasteiger partial charge on any atom is 0.337 e. The maximum absolute atomic E-state index is 11.9. The molecule has 0 saturated heterocycles. The average Bonchev–Trinajstić information content (AvgIpc) is 2.36. The second kappa shape index (κ2) is 6.15. The van der Waals surface area contributed by atoms with Gasteiger partial charge in [-0.15, -0.1) is 0 Å². The fourth-order valence-corrected chi connectivity index (χ4v) is 1.41. The standard InChI is InChI=1S/C12H16ClN3O4/c1-6(2)9-14-4-7(13)8(16-9)10(17)15-5-12(3,20)11(18)19/h4,6,20H,5H2,1-3H3,(H,15,17)(H,18,19). The molecule has 0 aliphatic rings. The summed E-state index contributed by atoms with van der Waals surface area (Å²) in [6.45, 7) is 4.34. The number of aromatic nitrogens is 2. The quantitative estimate of drug-likeness (QED) is 0.742. The summed E-state index contributed by atoms with van der Waals surface area (Å²) in [5.41, 5.74) is -2.11. The molecule has 0 aliphatic carbocycles. The van der Waals surface area contributed by atoms with Gasteiger partial charge in [0.1, 0.15) is 11.5 Å². The molecule has 0 aromatic carbocycles. The van der Waals surface area contributed by atoms with Crippen LogP contribution in [-0.2, 0) is 4.79 Å². The molecule has 110 valence electrons. The Hall–Kier alpha value is -1.73. The molecule has 1 rings (SSSR count). The molecule has 20 heavy (non-hydrogen) atoms. The van der Waals surface area contributed by atoms with E-state index >= 15 is 0 Å². The molecule has 1 aromatic heterocycles. The van der Waals surface area contributed by atoms with Gasteiger partial charge >= 0.3 is 5.97 Å². The Morgan fingerprint density at radius 1 is 1.50 bits per heavy atom. The van der Waals surface area contributed by atoms with Gasteiger partial charge in [-0.05, 0) is 6.92 Å². The van der Waals surface area contributed by atoms with E-state index in [9.17, 15) is 14.7 Å². The van der Waals surface area contributed by atoms with E-state index in [0.29, 0.717) is 5.82 Å². The third kappa shape index (κ3) is 3.88. The lowest BCUT2D eigenvalue weighted by Crippen LogP contribution is -2.46. The molecule has 1 unspecified atom stereocenters. The number of hydrogen-bond donors (Lipinski definition) is 3. The van der Waals surface area contributed by atoms with Crippen molar-refractivity contribution in [2.75, 3.05) is 6.54 Å². The smallest absolute Gasteiger partial charge is 0.337 e. The molecule has 1 atom stereocenters. The summed E-state index contributed by atoms with van der Waals surface area (Å²) in [4.78, 5) is 30.7. The molecule has 1 amide bonds. The Labute approximate surface area is 121 Å². The van der Waals surface area contributed by atoms with E-state index in [4.69, 9.17) is 16.7 Å². The first kappa shape index (κ1) is 16.3. The Morgan fingerprint density at radius 3 is 2.60 bits per heavy atom. The van der Waals surface area contributed by atoms with Crippen LogP contribution in [0.25, 0.3) is 0 Å². The van der Waals surface area contributed by atoms with E-state index in [1.54, 1.807) is 0 Å². The van der Waals surface area contributed by atoms with Gasteiger partial charge in [-0.2, -0.15) is 0 Å². The minimum atomic E-state index is -2.06. The highest BCUT2D eigenvalue weighted by Gasteiger charge is 2.30. The van der Waals surface area contributed by atoms with E-state index in [1.807, 2.05) is 13.8 Å². The fraction of sp³-hybridized carbons (Fsp3) is 0.500. The number of halogens is 1. The first-order valence-corrected chi connectivity index (χ1v) is 6.29. The number of hydrogen-bond acceptors (Lipinski definition) is 5. The van der Waals surface area contributed by atoms with Crippen molar-refractivity contribution in [3.8, 4) is 0 Å². The minimum Gasteiger partial charge on any atom is -0.479 e. The number of carbonyl (C=O) groups is 2. The average molecular weight is 302 g/mol. The van der Waals surface area contributed by atoms with Gasteiger partial charge in [0.05, 0.1) is 17.8 Å². The van der Waals surface area contributed by atoms with Crippen LogP contribution in [0.3, 0.4) is 0 Å². The molecular formula is C12H16ClN3O4. The van der Waals surface area contributed by atoms with Crippen LogP contribution in [0, 0.1) is 0 Å². The van der Waals surface area contributed by atoms with Crippen molar-refractivity contribution in [3.05, 3.63) is 22.7 Å². The normalized spacial score (nSPS) is 13.9. The molecule has 0 spiro atoms. The van der Waals surface area contributed by atoms with E-state index < -0.39 is 24.0 Å². The van der Waals surface area contributed by atoms with Crippen molar-refractivity contribution < 1.29 is 19.8 Å². The van der Waals surface area contributed by atoms with Crippen LogP contribution >= 0.6 is 11.6 Å². The summed E-state index contributed by atoms with van der Waals surface area (Å²) in [5.74, 6) is -1.64. The van der Waals surface area contributed by atoms with Gasteiger partial charge in [0.15, 0.2) is 5.60 Å². The van der Waals surface area contributed by atoms with E-state index in [2.05, 4.69) is 15.3 Å². The molecule has 0 aliphatic heterocycles. The third-order valence-corrected chi connectivity index (χ3v) is 2.82. The summed E-state index contributed by atoms with van der Waals surface area (Å²) in [5, 5.41) is 20.6. The van der Waals surface area contributed by atoms with Gasteiger partial charge in [0.2, 0.25) is 0 Å². The molecule has 3 N–H and O–H groups in total. The van der Waals surface area contributed by atoms with E-state index in [1.165, 1.54) is 6.20 Å². The summed E-state index contributed by atoms with van der Waals surface area (Å²) in [6.07, 6.45) is 1.31. The van der Waals surface area contributed by atoms with Crippen LogP contribution in [0.2, 0.25) is 5.02 Å². The van der Waals surface area contributed by atoms with Crippen LogP contribution < -0.4 is 5.32 Å². The molecule has 0 radical (unpaired) electrons. The highest BCUT2D eigenvalue weighted by molar-refractivity contribution is 6.33. The van der Waals surface area contributed by atoms with Crippen LogP contribution in [0.15, 0.2) is 6.20 Å². The van der Waals surface area contributed by atoms with Crippen molar-refractivity contribution in [2.45, 2.75) is 32.3 Å². The van der Waals surface area contributed by atoms with Crippen LogP contribution in [-0.4, -0.2) is 44.2 Å². The van der Waals surface area contributed by atoms with Crippen LogP contribution in [0.4, 0.5) is 0 Å². The van der Waals surface area contributed by atoms with Gasteiger partial charge in [-0.1, -0.05) is 25.4 Å². The number of aliphatic hydroxyl groups is 1. The summed E-state index contributed by atoms with van der Waals surface area (Å²) >= 11 is 5.84. The topological polar surface area (TPSA) is 112 Å². The SMILES string of the molecule is CC(C)c1ncc(Cl)c(C(=O)NCC(C)(O)C(=O)O)n1. The number of nitrogens with one attached hydrogen (secondary N) is 1. The van der Waals surface area contributed by atoms with Gasteiger partial charge in [-0.3, -0.25) is 4.79 Å². The lowest BCUT2D eigenvalue weighted by Gasteiger charge is -2.18. The number of carbonyl (C=O) groups excluding carboxylic acids is 1. The van der Waals surface area contributed by atoms with Crippen LogP contribution in [0.1, 0.15) is 43.0 Å². The number of aliphatic carboxylic acids is 1. The lowest BCUT2D eigenvalue weighted by molar-refractivity contribution is -0.155. The number of carboxylic acids is 1. The number of carboxylic acid groups (broad SMARTS) is 1. The molecule has 1 aromatic rings. The second-order valence-corrected chi connectivity index (χ2v) is 5.25. The van der Waals surface area contributed by atoms with Gasteiger partial charge in [0, 0.05) is 5.92 Å². The van der Waals surface area contributed by atoms with Crippen molar-refractivity contribution in [1.29, 1.82) is 0 Å². The molecule has 0 bridgehead atoms. The predicted octanol–water partition coefficient (Wildman–Crippen LogP) is 0.819. The molecule has 1 heterocycles. The second-order valence-electron chi connectivity index (χ2n) is 4.84. The fourth-order valence-electron chi connectivity index (χ4n) is 1.23. The molecule has 0 saturated carbocycles. The highest BCUT2D eigenvalue weighted by atomic mass is 35.5. The number of amides is 1. The third-order valence-electron chi connectivity index (χ3n) is 2.55. The first-order valence-electron chi connectivity index (χ1n) is 5.91. The largest absolute Gasteiger partial charge is 0.479 e. The van der Waals surface area contributed by atoms with Gasteiger partial charge in [0.25, 0.3) is 5.91 Å². The summed E-state index contributed by atoms with van der Waals surface area (Å²) < 4.78 is 0. The first-order chi connectivity index (χ1) is 9.15. The Morgan fingerprint density at radius 2 is 2.10 bits per heavy atom. The molecule has 8 heteroatoms. The maximum atomic E-state index is 11.9. The molecule has 0 fully saturated rings. The van der Waals surface area contributed by atoms with E-state index in [-0.39, 0.29) is 16.6 Å². The monoisotopic (exact) mass is 301 g/mol. The highest BCUT2D eigenvalue weighted by Crippen LogP contribution is 2.16. The van der Waals surface area contributed by atoms with Crippen molar-refractivity contribution >= 4 is 23.5 Å². The van der Waals surface area contributed by atoms with Crippen molar-refractivity contribution in [1.82, 2.24) is 15.3 Å². The molecule has 7 nitrogen and oxygen atoms in total. The van der Waals surface area contributed by atoms with Crippen LogP contribution in [0.5, 0.6) is 0 Å². The Kier molecular flexibility index (Phi) is 5.02. The van der Waals surface area contributed by atoms with Crippen molar-refractivity contribution in [3.63, 3.8) is 0 Å². The van der Waals surface area contributed by atoms with Gasteiger partial charge < -0.3 is 15.5 Å². The summed E-state index contributed by atoms with van der Waals surface area (Å²) in [6, 6.07) is 0. The number of nitrogens with zero attached hydrogens (tertiary/aromatic N) is 2. The van der Waals surface area contributed by atoms with Crippen molar-refractivity contribution in [2.24, 2.45) is 0 Å². The molecular weight excluding hydrogens is 286 g/mol. The predicted molar refractivity (Wildman–Crippen MR) is 71.7 cm³/mol. The zero-order valence-electron chi connectivity index (χ0n) is 11.3.